The number of hydrogen-bond acceptors (Lipinski definition) is 5. The summed E-state index contributed by atoms with van der Waals surface area (Å²) in [5, 5.41) is 10.7. The zero-order valence-corrected chi connectivity index (χ0v) is 22.8. The van der Waals surface area contributed by atoms with E-state index in [2.05, 4.69) is 16.6 Å². The molecule has 3 aromatic rings. The van der Waals surface area contributed by atoms with E-state index in [1.54, 1.807) is 36.5 Å². The van der Waals surface area contributed by atoms with Gasteiger partial charge in [0.2, 0.25) is 12.3 Å². The molecule has 2 heterocycles. The van der Waals surface area contributed by atoms with Gasteiger partial charge in [0, 0.05) is 55.6 Å². The molecule has 5 rings (SSSR count). The molecule has 0 radical (unpaired) electrons. The predicted molar refractivity (Wildman–Crippen MR) is 154 cm³/mol. The number of amidine groups is 1. The van der Waals surface area contributed by atoms with Gasteiger partial charge in [-0.05, 0) is 60.7 Å². The standard InChI is InChI=1S/C30H29ClFN5O3/c1-3-28(40)35-11-13-36(14-12-35)30(33-2)22-15-23(31)21(29-24(32)5-4-6-27(29)39)16-25(22)37(18-38)26-17-34-10-9-20(26)19-7-8-19/h3-6,9-10,15-19,39H,1,7-8,11-14H2,2H3. The average Bonchev–Trinajstić information content (AvgIpc) is 3.81. The Bertz CT molecular complexity index is 1480. The van der Waals surface area contributed by atoms with Crippen molar-refractivity contribution in [2.75, 3.05) is 38.1 Å². The summed E-state index contributed by atoms with van der Waals surface area (Å²) in [7, 11) is 1.65. The smallest absolute Gasteiger partial charge is 0.246 e. The largest absolute Gasteiger partial charge is 0.507 e. The van der Waals surface area contributed by atoms with E-state index < -0.39 is 5.82 Å². The van der Waals surface area contributed by atoms with E-state index in [-0.39, 0.29) is 27.8 Å². The van der Waals surface area contributed by atoms with Crippen LogP contribution in [-0.4, -0.2) is 71.3 Å². The third kappa shape index (κ3) is 5.16. The van der Waals surface area contributed by atoms with Crippen molar-refractivity contribution in [2.24, 2.45) is 4.99 Å². The summed E-state index contributed by atoms with van der Waals surface area (Å²) < 4.78 is 15.0. The van der Waals surface area contributed by atoms with Crippen LogP contribution in [0.1, 0.15) is 29.9 Å². The van der Waals surface area contributed by atoms with Gasteiger partial charge >= 0.3 is 0 Å². The summed E-state index contributed by atoms with van der Waals surface area (Å²) in [4.78, 5) is 39.0. The number of phenolic OH excluding ortho intramolecular Hbond substituents is 1. The van der Waals surface area contributed by atoms with Crippen molar-refractivity contribution in [3.05, 3.63) is 83.4 Å². The molecule has 10 heteroatoms. The number of aromatic nitrogens is 1. The minimum Gasteiger partial charge on any atom is -0.507 e. The number of phenols is 1. The first-order chi connectivity index (χ1) is 19.4. The molecule has 0 bridgehead atoms. The van der Waals surface area contributed by atoms with E-state index in [0.717, 1.165) is 18.4 Å². The van der Waals surface area contributed by atoms with E-state index in [0.29, 0.717) is 61.3 Å². The molecule has 2 fully saturated rings. The van der Waals surface area contributed by atoms with Crippen LogP contribution in [0.15, 0.2) is 66.4 Å². The summed E-state index contributed by atoms with van der Waals surface area (Å²) in [6.07, 6.45) is 7.38. The molecule has 0 unspecified atom stereocenters. The van der Waals surface area contributed by atoms with Crippen LogP contribution in [0.4, 0.5) is 15.8 Å². The van der Waals surface area contributed by atoms with E-state index >= 15 is 0 Å². The lowest BCUT2D eigenvalue weighted by Crippen LogP contribution is -2.50. The Balaban J connectivity index is 1.66. The fraction of sp³-hybridized carbons (Fsp3) is 0.267. The fourth-order valence-corrected chi connectivity index (χ4v) is 5.45. The highest BCUT2D eigenvalue weighted by molar-refractivity contribution is 6.34. The number of carbonyl (C=O) groups excluding carboxylic acids is 2. The van der Waals surface area contributed by atoms with Crippen LogP contribution in [0.2, 0.25) is 5.02 Å². The van der Waals surface area contributed by atoms with E-state index in [1.807, 2.05) is 11.0 Å². The monoisotopic (exact) mass is 561 g/mol. The first kappa shape index (κ1) is 27.3. The molecule has 8 nitrogen and oxygen atoms in total. The molecule has 2 amide bonds. The van der Waals surface area contributed by atoms with Crippen molar-refractivity contribution >= 4 is 41.1 Å². The first-order valence-electron chi connectivity index (χ1n) is 13.0. The van der Waals surface area contributed by atoms with Crippen LogP contribution in [0.25, 0.3) is 11.1 Å². The number of aromatic hydroxyl groups is 1. The highest BCUT2D eigenvalue weighted by Gasteiger charge is 2.31. The van der Waals surface area contributed by atoms with Gasteiger partial charge in [0.05, 0.1) is 23.1 Å². The van der Waals surface area contributed by atoms with Crippen LogP contribution in [0.5, 0.6) is 5.75 Å². The lowest BCUT2D eigenvalue weighted by Gasteiger charge is -2.37. The van der Waals surface area contributed by atoms with Crippen LogP contribution >= 0.6 is 11.6 Å². The zero-order chi connectivity index (χ0) is 28.4. The normalized spacial score (nSPS) is 15.6. The number of hydrogen-bond donors (Lipinski definition) is 1. The number of anilines is 2. The van der Waals surface area contributed by atoms with Gasteiger partial charge in [-0.2, -0.15) is 0 Å². The number of pyridine rings is 1. The van der Waals surface area contributed by atoms with Crippen LogP contribution < -0.4 is 4.90 Å². The Kier molecular flexibility index (Phi) is 7.84. The molecular weight excluding hydrogens is 533 g/mol. The van der Waals surface area contributed by atoms with Gasteiger partial charge in [0.25, 0.3) is 0 Å². The molecular formula is C30H29ClFN5O3. The molecule has 1 aliphatic heterocycles. The molecule has 0 spiro atoms. The number of halogens is 2. The molecule has 1 saturated carbocycles. The molecule has 0 atom stereocenters. The molecule has 1 aromatic heterocycles. The first-order valence-corrected chi connectivity index (χ1v) is 13.4. The number of benzene rings is 2. The van der Waals surface area contributed by atoms with Crippen molar-refractivity contribution in [3.63, 3.8) is 0 Å². The summed E-state index contributed by atoms with van der Waals surface area (Å²) in [5.41, 5.74) is 2.74. The van der Waals surface area contributed by atoms with Gasteiger partial charge in [0.1, 0.15) is 17.4 Å². The van der Waals surface area contributed by atoms with Gasteiger partial charge in [-0.1, -0.05) is 24.2 Å². The van der Waals surface area contributed by atoms with Crippen molar-refractivity contribution in [1.82, 2.24) is 14.8 Å². The van der Waals surface area contributed by atoms with Crippen LogP contribution in [0.3, 0.4) is 0 Å². The maximum atomic E-state index is 15.0. The third-order valence-electron chi connectivity index (χ3n) is 7.34. The topological polar surface area (TPSA) is 89.3 Å². The van der Waals surface area contributed by atoms with Crippen molar-refractivity contribution in [1.29, 1.82) is 0 Å². The molecule has 2 aromatic carbocycles. The number of aliphatic imine (C=N–C) groups is 1. The van der Waals surface area contributed by atoms with E-state index in [4.69, 9.17) is 11.6 Å². The Morgan fingerprint density at radius 1 is 1.18 bits per heavy atom. The van der Waals surface area contributed by atoms with Crippen molar-refractivity contribution in [2.45, 2.75) is 18.8 Å². The predicted octanol–water partition coefficient (Wildman–Crippen LogP) is 5.13. The van der Waals surface area contributed by atoms with Gasteiger partial charge in [-0.15, -0.1) is 0 Å². The quantitative estimate of drug-likeness (QED) is 0.187. The summed E-state index contributed by atoms with van der Waals surface area (Å²) in [6.45, 7) is 5.52. The van der Waals surface area contributed by atoms with Crippen molar-refractivity contribution < 1.29 is 19.1 Å². The molecule has 206 valence electrons. The highest BCUT2D eigenvalue weighted by Crippen LogP contribution is 2.47. The lowest BCUT2D eigenvalue weighted by atomic mass is 9.98. The SMILES string of the molecule is C=CC(=O)N1CCN(C(=NC)c2cc(Cl)c(-c3c(O)cccc3F)cc2N(C=O)c2cnccc2C2CC2)CC1. The Morgan fingerprint density at radius 2 is 1.90 bits per heavy atom. The van der Waals surface area contributed by atoms with Gasteiger partial charge in [-0.3, -0.25) is 24.5 Å². The maximum absolute atomic E-state index is 15.0. The molecule has 1 saturated heterocycles. The second kappa shape index (κ2) is 11.5. The molecule has 1 aliphatic carbocycles. The number of carbonyl (C=O) groups is 2. The van der Waals surface area contributed by atoms with Gasteiger partial charge in [0.15, 0.2) is 0 Å². The van der Waals surface area contributed by atoms with E-state index in [9.17, 15) is 19.1 Å². The number of rotatable bonds is 7. The number of nitrogens with zero attached hydrogens (tertiary/aromatic N) is 5. The Hall–Kier alpha value is -4.24. The number of amides is 2. The average molecular weight is 562 g/mol. The summed E-state index contributed by atoms with van der Waals surface area (Å²) in [6, 6.07) is 9.20. The van der Waals surface area contributed by atoms with E-state index in [1.165, 1.54) is 29.2 Å². The number of piperazine rings is 1. The second-order valence-electron chi connectivity index (χ2n) is 9.73. The molecule has 2 aliphatic rings. The maximum Gasteiger partial charge on any atom is 0.246 e. The highest BCUT2D eigenvalue weighted by atomic mass is 35.5. The summed E-state index contributed by atoms with van der Waals surface area (Å²) >= 11 is 6.75. The minimum atomic E-state index is -0.648. The van der Waals surface area contributed by atoms with Crippen LogP contribution in [-0.2, 0) is 9.59 Å². The fourth-order valence-electron chi connectivity index (χ4n) is 5.19. The van der Waals surface area contributed by atoms with Gasteiger partial charge in [-0.25, -0.2) is 4.39 Å². The Labute approximate surface area is 237 Å². The Morgan fingerprint density at radius 3 is 2.52 bits per heavy atom. The van der Waals surface area contributed by atoms with Crippen molar-refractivity contribution in [3.8, 4) is 16.9 Å². The molecule has 40 heavy (non-hydrogen) atoms. The molecule has 1 N–H and O–H groups in total. The summed E-state index contributed by atoms with van der Waals surface area (Å²) in [5.74, 6) is -0.170. The van der Waals surface area contributed by atoms with Crippen LogP contribution in [0, 0.1) is 5.82 Å². The second-order valence-corrected chi connectivity index (χ2v) is 10.1. The zero-order valence-electron chi connectivity index (χ0n) is 22.1. The third-order valence-corrected chi connectivity index (χ3v) is 7.65. The minimum absolute atomic E-state index is 0.0636. The lowest BCUT2D eigenvalue weighted by molar-refractivity contribution is -0.127. The van der Waals surface area contributed by atoms with Gasteiger partial charge < -0.3 is 14.9 Å².